The second-order valence-corrected chi connectivity index (χ2v) is 3.32. The van der Waals surface area contributed by atoms with E-state index in [2.05, 4.69) is 26.8 Å². The van der Waals surface area contributed by atoms with Crippen molar-refractivity contribution < 1.29 is 4.79 Å². The van der Waals surface area contributed by atoms with Crippen LogP contribution in [-0.2, 0) is 11.3 Å². The van der Waals surface area contributed by atoms with Crippen LogP contribution in [0.25, 0.3) is 0 Å². The Labute approximate surface area is 81.7 Å². The Balaban J connectivity index is 2.49. The molecule has 0 saturated heterocycles. The van der Waals surface area contributed by atoms with Crippen molar-refractivity contribution in [2.24, 2.45) is 0 Å². The number of terminal acetylenes is 1. The van der Waals surface area contributed by atoms with Crippen molar-refractivity contribution in [3.8, 4) is 12.3 Å². The molecule has 1 aromatic rings. The zero-order valence-corrected chi connectivity index (χ0v) is 8.06. The maximum Gasteiger partial charge on any atom is 0.243 e. The van der Waals surface area contributed by atoms with Crippen LogP contribution in [0.1, 0.15) is 13.8 Å². The molecule has 0 spiro atoms. The molecule has 0 aromatic carbocycles. The van der Waals surface area contributed by atoms with E-state index in [1.54, 1.807) is 13.8 Å². The molecule has 14 heavy (non-hydrogen) atoms. The molecule has 6 heteroatoms. The first kappa shape index (κ1) is 10.2. The highest BCUT2D eigenvalue weighted by atomic mass is 16.2. The van der Waals surface area contributed by atoms with Gasteiger partial charge in [-0.25, -0.2) is 4.68 Å². The van der Waals surface area contributed by atoms with Crippen LogP contribution in [0.15, 0.2) is 6.33 Å². The van der Waals surface area contributed by atoms with Gasteiger partial charge in [-0.05, 0) is 24.3 Å². The van der Waals surface area contributed by atoms with Crippen molar-refractivity contribution in [3.05, 3.63) is 6.33 Å². The van der Waals surface area contributed by atoms with Crippen LogP contribution >= 0.6 is 0 Å². The average molecular weight is 193 g/mol. The maximum atomic E-state index is 11.4. The molecule has 0 aliphatic heterocycles. The minimum Gasteiger partial charge on any atom is -0.339 e. The number of nitrogens with one attached hydrogen (secondary N) is 1. The number of amides is 1. The summed E-state index contributed by atoms with van der Waals surface area (Å²) >= 11 is 0. The van der Waals surface area contributed by atoms with E-state index in [1.165, 1.54) is 11.0 Å². The van der Waals surface area contributed by atoms with Crippen LogP contribution in [0.4, 0.5) is 0 Å². The Bertz CT molecular complexity index is 348. The van der Waals surface area contributed by atoms with Crippen molar-refractivity contribution in [1.82, 2.24) is 25.5 Å². The number of carbonyl (C=O) groups is 1. The number of hydrogen-bond donors (Lipinski definition) is 1. The van der Waals surface area contributed by atoms with Gasteiger partial charge in [0.05, 0.1) is 5.54 Å². The normalized spacial score (nSPS) is 10.6. The van der Waals surface area contributed by atoms with Crippen molar-refractivity contribution in [2.45, 2.75) is 25.9 Å². The fraction of sp³-hybridized carbons (Fsp3) is 0.500. The van der Waals surface area contributed by atoms with Crippen LogP contribution in [-0.4, -0.2) is 31.7 Å². The van der Waals surface area contributed by atoms with Crippen LogP contribution in [0.2, 0.25) is 0 Å². The zero-order valence-electron chi connectivity index (χ0n) is 8.06. The molecule has 0 aliphatic carbocycles. The molecule has 0 unspecified atom stereocenters. The predicted octanol–water partition coefficient (Wildman–Crippen LogP) is -0.799. The number of carbonyl (C=O) groups excluding carboxylic acids is 1. The summed E-state index contributed by atoms with van der Waals surface area (Å²) < 4.78 is 1.32. The lowest BCUT2D eigenvalue weighted by Gasteiger charge is -2.19. The Hall–Kier alpha value is -1.90. The molecule has 1 aromatic heterocycles. The molecule has 6 nitrogen and oxygen atoms in total. The summed E-state index contributed by atoms with van der Waals surface area (Å²) in [5.41, 5.74) is -0.648. The van der Waals surface area contributed by atoms with Gasteiger partial charge in [0.25, 0.3) is 0 Å². The fourth-order valence-electron chi connectivity index (χ4n) is 0.824. The number of rotatable bonds is 3. The fourth-order valence-corrected chi connectivity index (χ4v) is 0.824. The molecule has 0 radical (unpaired) electrons. The second-order valence-electron chi connectivity index (χ2n) is 3.32. The first-order chi connectivity index (χ1) is 6.53. The van der Waals surface area contributed by atoms with Crippen molar-refractivity contribution in [1.29, 1.82) is 0 Å². The lowest BCUT2D eigenvalue weighted by Crippen LogP contribution is -2.43. The third kappa shape index (κ3) is 2.86. The SMILES string of the molecule is C#CC(C)(C)NC(=O)Cn1cnnn1. The Kier molecular flexibility index (Phi) is 2.82. The zero-order chi connectivity index (χ0) is 10.6. The highest BCUT2D eigenvalue weighted by molar-refractivity contribution is 5.76. The molecule has 0 fully saturated rings. The summed E-state index contributed by atoms with van der Waals surface area (Å²) in [5, 5.41) is 13.0. The van der Waals surface area contributed by atoms with Crippen molar-refractivity contribution in [3.63, 3.8) is 0 Å². The van der Waals surface area contributed by atoms with Gasteiger partial charge in [-0.15, -0.1) is 11.5 Å². The topological polar surface area (TPSA) is 72.7 Å². The lowest BCUT2D eigenvalue weighted by molar-refractivity contribution is -0.122. The molecule has 0 atom stereocenters. The van der Waals surface area contributed by atoms with Crippen LogP contribution in [0.5, 0.6) is 0 Å². The smallest absolute Gasteiger partial charge is 0.243 e. The van der Waals surface area contributed by atoms with E-state index in [1.807, 2.05) is 0 Å². The van der Waals surface area contributed by atoms with Gasteiger partial charge in [0.1, 0.15) is 12.9 Å². The molecule has 1 amide bonds. The van der Waals surface area contributed by atoms with E-state index in [0.717, 1.165) is 0 Å². The van der Waals surface area contributed by atoms with E-state index < -0.39 is 5.54 Å². The lowest BCUT2D eigenvalue weighted by atomic mass is 10.1. The second kappa shape index (κ2) is 3.87. The molecule has 0 aliphatic rings. The van der Waals surface area contributed by atoms with Gasteiger partial charge >= 0.3 is 0 Å². The third-order valence-corrected chi connectivity index (χ3v) is 1.51. The highest BCUT2D eigenvalue weighted by Crippen LogP contribution is 1.98. The van der Waals surface area contributed by atoms with E-state index in [9.17, 15) is 4.79 Å². The summed E-state index contributed by atoms with van der Waals surface area (Å²) in [7, 11) is 0. The van der Waals surface area contributed by atoms with Gasteiger partial charge in [0.15, 0.2) is 0 Å². The number of nitrogens with zero attached hydrogens (tertiary/aromatic N) is 4. The molecular formula is C8H11N5O. The predicted molar refractivity (Wildman–Crippen MR) is 48.9 cm³/mol. The number of hydrogen-bond acceptors (Lipinski definition) is 4. The first-order valence-electron chi connectivity index (χ1n) is 4.03. The van der Waals surface area contributed by atoms with Crippen LogP contribution in [0, 0.1) is 12.3 Å². The molecule has 1 N–H and O–H groups in total. The average Bonchev–Trinajstić information content (AvgIpc) is 2.55. The van der Waals surface area contributed by atoms with E-state index in [0.29, 0.717) is 0 Å². The summed E-state index contributed by atoms with van der Waals surface area (Å²) in [6.07, 6.45) is 6.58. The summed E-state index contributed by atoms with van der Waals surface area (Å²) in [5.74, 6) is 2.24. The first-order valence-corrected chi connectivity index (χ1v) is 4.03. The Morgan fingerprint density at radius 1 is 1.71 bits per heavy atom. The Morgan fingerprint density at radius 2 is 2.43 bits per heavy atom. The van der Waals surface area contributed by atoms with Crippen molar-refractivity contribution in [2.75, 3.05) is 0 Å². The molecule has 1 rings (SSSR count). The number of aromatic nitrogens is 4. The molecule has 0 bridgehead atoms. The van der Waals surface area contributed by atoms with Crippen molar-refractivity contribution >= 4 is 5.91 Å². The largest absolute Gasteiger partial charge is 0.339 e. The van der Waals surface area contributed by atoms with Gasteiger partial charge < -0.3 is 5.32 Å². The van der Waals surface area contributed by atoms with E-state index in [4.69, 9.17) is 6.42 Å². The minimum atomic E-state index is -0.648. The van der Waals surface area contributed by atoms with Crippen LogP contribution in [0.3, 0.4) is 0 Å². The van der Waals surface area contributed by atoms with Crippen LogP contribution < -0.4 is 5.32 Å². The van der Waals surface area contributed by atoms with Gasteiger partial charge in [-0.1, -0.05) is 5.92 Å². The van der Waals surface area contributed by atoms with Gasteiger partial charge in [-0.3, -0.25) is 4.79 Å². The summed E-state index contributed by atoms with van der Waals surface area (Å²) in [6, 6.07) is 0. The Morgan fingerprint density at radius 3 is 2.93 bits per heavy atom. The number of tetrazole rings is 1. The monoisotopic (exact) mass is 193 g/mol. The van der Waals surface area contributed by atoms with E-state index >= 15 is 0 Å². The quantitative estimate of drug-likeness (QED) is 0.638. The molecule has 1 heterocycles. The summed E-state index contributed by atoms with van der Waals surface area (Å²) in [6.45, 7) is 3.55. The van der Waals surface area contributed by atoms with Gasteiger partial charge in [0, 0.05) is 0 Å². The molecule has 74 valence electrons. The van der Waals surface area contributed by atoms with Gasteiger partial charge in [-0.2, -0.15) is 0 Å². The minimum absolute atomic E-state index is 0.0676. The molecule has 0 saturated carbocycles. The van der Waals surface area contributed by atoms with Gasteiger partial charge in [0.2, 0.25) is 5.91 Å². The molecular weight excluding hydrogens is 182 g/mol. The highest BCUT2D eigenvalue weighted by Gasteiger charge is 2.16. The maximum absolute atomic E-state index is 11.4. The summed E-state index contributed by atoms with van der Waals surface area (Å²) in [4.78, 5) is 11.4. The third-order valence-electron chi connectivity index (χ3n) is 1.51. The standard InChI is InChI=1S/C8H11N5O/c1-4-8(2,3)10-7(14)5-13-6-9-11-12-13/h1,6H,5H2,2-3H3,(H,10,14). The van der Waals surface area contributed by atoms with E-state index in [-0.39, 0.29) is 12.5 Å².